The normalized spacial score (nSPS) is 22.2. The fourth-order valence-corrected chi connectivity index (χ4v) is 10.6. The lowest BCUT2D eigenvalue weighted by atomic mass is 9.87. The van der Waals surface area contributed by atoms with E-state index < -0.39 is 16.6 Å². The Balaban J connectivity index is 3.01. The second kappa shape index (κ2) is 17.1. The molecule has 0 N–H and O–H groups in total. The Bertz CT molecular complexity index is 720. The van der Waals surface area contributed by atoms with E-state index in [9.17, 15) is 9.59 Å². The number of carbonyl (C=O) groups excluding carboxylic acids is 2. The van der Waals surface area contributed by atoms with Crippen molar-refractivity contribution >= 4 is 28.4 Å². The summed E-state index contributed by atoms with van der Waals surface area (Å²) in [6, 6.07) is 3.31. The number of hydrogen-bond donors (Lipinski definition) is 0. The monoisotopic (exact) mass is 568 g/mol. The first-order chi connectivity index (χ1) is 17.9. The summed E-state index contributed by atoms with van der Waals surface area (Å²) < 4.78 is 18.4. The second-order valence-corrected chi connectivity index (χ2v) is 21.8. The van der Waals surface area contributed by atoms with Crippen molar-refractivity contribution in [3.63, 3.8) is 0 Å². The van der Waals surface area contributed by atoms with Crippen LogP contribution in [-0.2, 0) is 23.2 Å². The smallest absolute Gasteiger partial charge is 0.305 e. The lowest BCUT2D eigenvalue weighted by Gasteiger charge is -2.36. The van der Waals surface area contributed by atoms with Gasteiger partial charge < -0.3 is 13.6 Å². The number of methoxy groups -OCH3 is 1. The van der Waals surface area contributed by atoms with Gasteiger partial charge in [0.1, 0.15) is 5.78 Å². The molecule has 1 rings (SSSR count). The maximum Gasteiger partial charge on any atom is 0.305 e. The number of Topliss-reactive ketones (excluding diaryl/α,β-unsaturated/α-hetero) is 1. The standard InChI is InChI=1S/C31H60O5Si2/c1-10-14-23-31(5,36-37(7,8)9)24-19-21-27-26(20-17-15-16-18-22-30(33)34-6)28(32)25-29(27)35-38(11-2,12-3)13-4/h19,21,26-27,29H,10-18,20,22-25H2,1-9H3/b21-19+/t26-,27-,29-,31?/m1/s1. The zero-order valence-corrected chi connectivity index (χ0v) is 28.3. The van der Waals surface area contributed by atoms with E-state index in [1.165, 1.54) is 20.0 Å². The maximum absolute atomic E-state index is 13.3. The van der Waals surface area contributed by atoms with Crippen LogP contribution in [0.25, 0.3) is 0 Å². The van der Waals surface area contributed by atoms with Gasteiger partial charge in [0.2, 0.25) is 0 Å². The van der Waals surface area contributed by atoms with Crippen LogP contribution in [0.15, 0.2) is 12.2 Å². The summed E-state index contributed by atoms with van der Waals surface area (Å²) in [5, 5.41) is 0. The van der Waals surface area contributed by atoms with Crippen LogP contribution >= 0.6 is 0 Å². The molecule has 1 fully saturated rings. The first-order valence-electron chi connectivity index (χ1n) is 15.5. The summed E-state index contributed by atoms with van der Waals surface area (Å²) in [5.41, 5.74) is -0.153. The first kappa shape index (κ1) is 35.3. The summed E-state index contributed by atoms with van der Waals surface area (Å²) >= 11 is 0. The lowest BCUT2D eigenvalue weighted by molar-refractivity contribution is -0.140. The Labute approximate surface area is 237 Å². The molecule has 0 aromatic carbocycles. The van der Waals surface area contributed by atoms with E-state index in [1.807, 2.05) is 0 Å². The van der Waals surface area contributed by atoms with Gasteiger partial charge >= 0.3 is 5.97 Å². The van der Waals surface area contributed by atoms with Crippen molar-refractivity contribution < 1.29 is 23.2 Å². The summed E-state index contributed by atoms with van der Waals surface area (Å²) in [6.45, 7) is 18.1. The van der Waals surface area contributed by atoms with Gasteiger partial charge in [0.05, 0.1) is 18.8 Å². The molecule has 38 heavy (non-hydrogen) atoms. The lowest BCUT2D eigenvalue weighted by Crippen LogP contribution is -2.41. The molecule has 7 heteroatoms. The minimum Gasteiger partial charge on any atom is -0.469 e. The van der Waals surface area contributed by atoms with Crippen LogP contribution in [0.1, 0.15) is 105 Å². The van der Waals surface area contributed by atoms with Gasteiger partial charge in [0.15, 0.2) is 16.6 Å². The molecule has 0 aromatic rings. The maximum atomic E-state index is 13.3. The molecular weight excluding hydrogens is 509 g/mol. The second-order valence-electron chi connectivity index (χ2n) is 12.7. The van der Waals surface area contributed by atoms with Crippen LogP contribution in [0.5, 0.6) is 0 Å². The van der Waals surface area contributed by atoms with Crippen molar-refractivity contribution in [1.29, 1.82) is 0 Å². The van der Waals surface area contributed by atoms with Gasteiger partial charge in [-0.05, 0) is 70.4 Å². The van der Waals surface area contributed by atoms with Crippen molar-refractivity contribution in [1.82, 2.24) is 0 Å². The first-order valence-corrected chi connectivity index (χ1v) is 21.5. The molecular formula is C31H60O5Si2. The number of rotatable bonds is 20. The fourth-order valence-electron chi connectivity index (χ4n) is 6.06. The SMILES string of the molecule is CCCCC(C)(C/C=C/[C@H]1[C@H](O[Si](CC)(CC)CC)CC(=O)[C@@H]1CCCCCCC(=O)OC)O[Si](C)(C)C. The molecule has 0 radical (unpaired) electrons. The summed E-state index contributed by atoms with van der Waals surface area (Å²) in [6.07, 6.45) is 14.8. The molecule has 0 amide bonds. The van der Waals surface area contributed by atoms with Crippen LogP contribution in [0.3, 0.4) is 0 Å². The average molecular weight is 569 g/mol. The molecule has 5 nitrogen and oxygen atoms in total. The van der Waals surface area contributed by atoms with Gasteiger partial charge in [0, 0.05) is 24.7 Å². The Kier molecular flexibility index (Phi) is 15.9. The molecule has 0 heterocycles. The highest BCUT2D eigenvalue weighted by Crippen LogP contribution is 2.40. The summed E-state index contributed by atoms with van der Waals surface area (Å²) in [5.74, 6) is 0.420. The highest BCUT2D eigenvalue weighted by Gasteiger charge is 2.45. The van der Waals surface area contributed by atoms with Crippen LogP contribution in [-0.4, -0.2) is 47.2 Å². The Morgan fingerprint density at radius 2 is 1.63 bits per heavy atom. The molecule has 0 bridgehead atoms. The van der Waals surface area contributed by atoms with E-state index in [0.717, 1.165) is 63.1 Å². The minimum absolute atomic E-state index is 0.00870. The molecule has 0 aliphatic heterocycles. The Morgan fingerprint density at radius 3 is 2.18 bits per heavy atom. The topological polar surface area (TPSA) is 61.8 Å². The molecule has 0 spiro atoms. The van der Waals surface area contributed by atoms with Crippen LogP contribution in [0, 0.1) is 11.8 Å². The zero-order chi connectivity index (χ0) is 28.8. The molecule has 1 unspecified atom stereocenters. The van der Waals surface area contributed by atoms with Gasteiger partial charge in [-0.25, -0.2) is 0 Å². The fraction of sp³-hybridized carbons (Fsp3) is 0.871. The number of ether oxygens (including phenoxy) is 1. The van der Waals surface area contributed by atoms with Crippen molar-refractivity contribution in [3.8, 4) is 0 Å². The third-order valence-electron chi connectivity index (χ3n) is 8.44. The molecule has 1 aliphatic rings. The number of hydrogen-bond acceptors (Lipinski definition) is 5. The largest absolute Gasteiger partial charge is 0.469 e. The van der Waals surface area contributed by atoms with Crippen LogP contribution < -0.4 is 0 Å². The van der Waals surface area contributed by atoms with Crippen molar-refractivity contribution in [2.45, 2.75) is 155 Å². The third kappa shape index (κ3) is 12.2. The highest BCUT2D eigenvalue weighted by atomic mass is 28.4. The number of unbranched alkanes of at least 4 members (excludes halogenated alkanes) is 4. The third-order valence-corrected chi connectivity index (χ3v) is 14.2. The predicted molar refractivity (Wildman–Crippen MR) is 165 cm³/mol. The minimum atomic E-state index is -1.82. The van der Waals surface area contributed by atoms with Crippen LogP contribution in [0.2, 0.25) is 37.8 Å². The summed E-state index contributed by atoms with van der Waals surface area (Å²) in [4.78, 5) is 24.7. The quantitative estimate of drug-likeness (QED) is 0.0635. The van der Waals surface area contributed by atoms with E-state index in [0.29, 0.717) is 18.6 Å². The van der Waals surface area contributed by atoms with Crippen LogP contribution in [0.4, 0.5) is 0 Å². The van der Waals surface area contributed by atoms with Gasteiger partial charge in [-0.3, -0.25) is 9.59 Å². The van der Waals surface area contributed by atoms with E-state index >= 15 is 0 Å². The van der Waals surface area contributed by atoms with Gasteiger partial charge in [-0.2, -0.15) is 0 Å². The van der Waals surface area contributed by atoms with E-state index in [4.69, 9.17) is 13.6 Å². The van der Waals surface area contributed by atoms with Gasteiger partial charge in [0.25, 0.3) is 0 Å². The number of esters is 1. The molecule has 222 valence electrons. The van der Waals surface area contributed by atoms with E-state index in [-0.39, 0.29) is 29.5 Å². The molecule has 4 atom stereocenters. The average Bonchev–Trinajstić information content (AvgIpc) is 3.15. The van der Waals surface area contributed by atoms with Gasteiger partial charge in [-0.15, -0.1) is 0 Å². The van der Waals surface area contributed by atoms with E-state index in [1.54, 1.807) is 0 Å². The van der Waals surface area contributed by atoms with Crippen molar-refractivity contribution in [3.05, 3.63) is 12.2 Å². The molecule has 0 aromatic heterocycles. The Morgan fingerprint density at radius 1 is 1.00 bits per heavy atom. The molecule has 1 aliphatic carbocycles. The Hall–Kier alpha value is -0.766. The zero-order valence-electron chi connectivity index (χ0n) is 26.3. The van der Waals surface area contributed by atoms with Gasteiger partial charge in [-0.1, -0.05) is 72.0 Å². The molecule has 1 saturated carbocycles. The number of carbonyl (C=O) groups is 2. The van der Waals surface area contributed by atoms with Crippen molar-refractivity contribution in [2.24, 2.45) is 11.8 Å². The highest BCUT2D eigenvalue weighted by molar-refractivity contribution is 6.73. The summed E-state index contributed by atoms with van der Waals surface area (Å²) in [7, 11) is -2.06. The van der Waals surface area contributed by atoms with Crippen molar-refractivity contribution in [2.75, 3.05) is 7.11 Å². The number of ketones is 1. The van der Waals surface area contributed by atoms with E-state index in [2.05, 4.69) is 66.4 Å². The predicted octanol–water partition coefficient (Wildman–Crippen LogP) is 8.84. The molecule has 0 saturated heterocycles.